The molecule has 2 heterocycles. The highest BCUT2D eigenvalue weighted by molar-refractivity contribution is 7.16. The van der Waals surface area contributed by atoms with Gasteiger partial charge in [-0.3, -0.25) is 20.2 Å². The summed E-state index contributed by atoms with van der Waals surface area (Å²) in [4.78, 5) is 22.3. The fourth-order valence-electron chi connectivity index (χ4n) is 1.82. The van der Waals surface area contributed by atoms with Crippen LogP contribution in [0.25, 0.3) is 12.2 Å². The minimum atomic E-state index is -0.556. The van der Waals surface area contributed by atoms with Crippen LogP contribution in [0.3, 0.4) is 0 Å². The van der Waals surface area contributed by atoms with Gasteiger partial charge in [0.15, 0.2) is 0 Å². The predicted molar refractivity (Wildman–Crippen MR) is 88.6 cm³/mol. The fourth-order valence-corrected chi connectivity index (χ4v) is 2.46. The predicted octanol–water partition coefficient (Wildman–Crippen LogP) is 3.46. The zero-order valence-electron chi connectivity index (χ0n) is 12.1. The molecule has 3 aromatic rings. The Kier molecular flexibility index (Phi) is 4.43. The highest BCUT2D eigenvalue weighted by Gasteiger charge is 2.13. The Balaban J connectivity index is 1.69. The van der Waals surface area contributed by atoms with Crippen molar-refractivity contribution in [3.05, 3.63) is 69.1 Å². The summed E-state index contributed by atoms with van der Waals surface area (Å²) < 4.78 is 5.16. The Morgan fingerprint density at radius 2 is 2.12 bits per heavy atom. The van der Waals surface area contributed by atoms with Crippen LogP contribution in [0.2, 0.25) is 0 Å². The highest BCUT2D eigenvalue weighted by Crippen LogP contribution is 2.20. The first-order chi connectivity index (χ1) is 11.6. The van der Waals surface area contributed by atoms with Crippen LogP contribution in [0.5, 0.6) is 0 Å². The number of carbonyl (C=O) groups is 1. The third kappa shape index (κ3) is 3.70. The monoisotopic (exact) mass is 342 g/mol. The number of amides is 1. The zero-order valence-corrected chi connectivity index (χ0v) is 12.9. The van der Waals surface area contributed by atoms with Gasteiger partial charge in [-0.05, 0) is 30.4 Å². The number of nitrogens with one attached hydrogen (secondary N) is 1. The van der Waals surface area contributed by atoms with Crippen molar-refractivity contribution in [3.8, 4) is 0 Å². The molecule has 1 amide bonds. The van der Waals surface area contributed by atoms with Gasteiger partial charge in [0.2, 0.25) is 5.13 Å². The second-order valence-corrected chi connectivity index (χ2v) is 5.56. The van der Waals surface area contributed by atoms with Gasteiger partial charge in [0.05, 0.1) is 11.2 Å². The molecule has 120 valence electrons. The number of non-ortho nitro benzene ring substituents is 1. The van der Waals surface area contributed by atoms with Crippen molar-refractivity contribution in [1.29, 1.82) is 0 Å². The van der Waals surface area contributed by atoms with Gasteiger partial charge in [-0.1, -0.05) is 17.4 Å². The highest BCUT2D eigenvalue weighted by atomic mass is 32.1. The third-order valence-corrected chi connectivity index (χ3v) is 3.72. The van der Waals surface area contributed by atoms with Crippen molar-refractivity contribution in [3.63, 3.8) is 0 Å². The number of hydrogen-bond donors (Lipinski definition) is 1. The molecule has 1 aromatic carbocycles. The second-order valence-electron chi connectivity index (χ2n) is 4.56. The molecule has 0 bridgehead atoms. The fraction of sp³-hybridized carbons (Fsp3) is 0. The third-order valence-electron chi connectivity index (χ3n) is 2.91. The Labute approximate surface area is 139 Å². The molecular weight excluding hydrogens is 332 g/mol. The van der Waals surface area contributed by atoms with Gasteiger partial charge in [0.1, 0.15) is 10.8 Å². The summed E-state index contributed by atoms with van der Waals surface area (Å²) in [7, 11) is 0. The van der Waals surface area contributed by atoms with Crippen molar-refractivity contribution in [2.45, 2.75) is 0 Å². The number of furan rings is 1. The molecule has 0 spiro atoms. The van der Waals surface area contributed by atoms with Crippen LogP contribution >= 0.6 is 11.3 Å². The maximum atomic E-state index is 12.1. The average molecular weight is 342 g/mol. The Hall–Kier alpha value is -3.33. The molecular formula is C15H10N4O4S. The lowest BCUT2D eigenvalue weighted by Crippen LogP contribution is -2.11. The van der Waals surface area contributed by atoms with Crippen LogP contribution in [0.1, 0.15) is 21.1 Å². The van der Waals surface area contributed by atoms with Gasteiger partial charge >= 0.3 is 0 Å². The second kappa shape index (κ2) is 6.84. The molecule has 0 aliphatic heterocycles. The van der Waals surface area contributed by atoms with Crippen LogP contribution in [-0.4, -0.2) is 21.0 Å². The topological polar surface area (TPSA) is 111 Å². The molecule has 8 nitrogen and oxygen atoms in total. The SMILES string of the molecule is O=C(Nc1nnc(C=Cc2ccco2)s1)c1cccc([N+](=O)[O-])c1. The molecule has 2 aromatic heterocycles. The normalized spacial score (nSPS) is 10.8. The molecule has 0 atom stereocenters. The van der Waals surface area contributed by atoms with Gasteiger partial charge < -0.3 is 4.42 Å². The molecule has 0 saturated heterocycles. The number of nitrogens with zero attached hydrogens (tertiary/aromatic N) is 3. The van der Waals surface area contributed by atoms with Gasteiger partial charge in [-0.2, -0.15) is 0 Å². The van der Waals surface area contributed by atoms with Crippen LogP contribution in [0, 0.1) is 10.1 Å². The molecule has 1 N–H and O–H groups in total. The summed E-state index contributed by atoms with van der Waals surface area (Å²) in [5.41, 5.74) is 0.0223. The average Bonchev–Trinajstić information content (AvgIpc) is 3.24. The molecule has 0 radical (unpaired) electrons. The van der Waals surface area contributed by atoms with E-state index < -0.39 is 10.8 Å². The van der Waals surface area contributed by atoms with Gasteiger partial charge in [-0.25, -0.2) is 0 Å². The van der Waals surface area contributed by atoms with Crippen molar-refractivity contribution in [2.75, 3.05) is 5.32 Å². The van der Waals surface area contributed by atoms with Crippen molar-refractivity contribution >= 4 is 40.2 Å². The Morgan fingerprint density at radius 1 is 1.25 bits per heavy atom. The molecule has 0 aliphatic carbocycles. The summed E-state index contributed by atoms with van der Waals surface area (Å²) in [6, 6.07) is 9.02. The molecule has 0 aliphatic rings. The van der Waals surface area contributed by atoms with Gasteiger partial charge in [0, 0.05) is 17.7 Å². The first kappa shape index (κ1) is 15.6. The van der Waals surface area contributed by atoms with E-state index in [9.17, 15) is 14.9 Å². The van der Waals surface area contributed by atoms with Crippen molar-refractivity contribution < 1.29 is 14.1 Å². The van der Waals surface area contributed by atoms with E-state index in [4.69, 9.17) is 4.42 Å². The van der Waals surface area contributed by atoms with E-state index in [2.05, 4.69) is 15.5 Å². The van der Waals surface area contributed by atoms with Crippen LogP contribution in [0.15, 0.2) is 47.1 Å². The smallest absolute Gasteiger partial charge is 0.270 e. The Bertz CT molecular complexity index is 902. The summed E-state index contributed by atoms with van der Waals surface area (Å²) in [6.45, 7) is 0. The summed E-state index contributed by atoms with van der Waals surface area (Å²) in [5, 5.41) is 22.0. The van der Waals surface area contributed by atoms with E-state index in [0.717, 1.165) is 0 Å². The number of aromatic nitrogens is 2. The van der Waals surface area contributed by atoms with E-state index in [1.165, 1.54) is 35.6 Å². The molecule has 3 rings (SSSR count). The lowest BCUT2D eigenvalue weighted by atomic mass is 10.2. The number of anilines is 1. The van der Waals surface area contributed by atoms with Crippen LogP contribution in [0.4, 0.5) is 10.8 Å². The molecule has 0 fully saturated rings. The molecule has 0 saturated carbocycles. The zero-order chi connectivity index (χ0) is 16.9. The van der Waals surface area contributed by atoms with Crippen LogP contribution in [-0.2, 0) is 0 Å². The van der Waals surface area contributed by atoms with E-state index in [-0.39, 0.29) is 11.3 Å². The largest absolute Gasteiger partial charge is 0.465 e. The van der Waals surface area contributed by atoms with Crippen LogP contribution < -0.4 is 5.32 Å². The number of hydrogen-bond acceptors (Lipinski definition) is 7. The van der Waals surface area contributed by atoms with E-state index in [1.807, 2.05) is 0 Å². The van der Waals surface area contributed by atoms with E-state index in [0.29, 0.717) is 15.9 Å². The molecule has 0 unspecified atom stereocenters. The number of carbonyl (C=O) groups excluding carboxylic acids is 1. The quantitative estimate of drug-likeness (QED) is 0.561. The standard InChI is InChI=1S/C15H10N4O4S/c20-14(10-3-1-4-11(9-10)19(21)22)16-15-18-17-13(24-15)7-6-12-5-2-8-23-12/h1-9H,(H,16,18,20). The summed E-state index contributed by atoms with van der Waals surface area (Å²) >= 11 is 1.17. The maximum Gasteiger partial charge on any atom is 0.270 e. The number of rotatable bonds is 5. The first-order valence-corrected chi connectivity index (χ1v) is 7.54. The van der Waals surface area contributed by atoms with Crippen molar-refractivity contribution in [1.82, 2.24) is 10.2 Å². The maximum absolute atomic E-state index is 12.1. The minimum Gasteiger partial charge on any atom is -0.465 e. The Morgan fingerprint density at radius 3 is 2.88 bits per heavy atom. The summed E-state index contributed by atoms with van der Waals surface area (Å²) in [6.07, 6.45) is 5.00. The first-order valence-electron chi connectivity index (χ1n) is 6.73. The van der Waals surface area contributed by atoms with E-state index >= 15 is 0 Å². The lowest BCUT2D eigenvalue weighted by molar-refractivity contribution is -0.384. The van der Waals surface area contributed by atoms with Crippen molar-refractivity contribution in [2.24, 2.45) is 0 Å². The summed E-state index contributed by atoms with van der Waals surface area (Å²) in [5.74, 6) is 0.184. The minimum absolute atomic E-state index is 0.151. The van der Waals surface area contributed by atoms with E-state index in [1.54, 1.807) is 30.5 Å². The van der Waals surface area contributed by atoms with Gasteiger partial charge in [-0.15, -0.1) is 10.2 Å². The van der Waals surface area contributed by atoms with Gasteiger partial charge in [0.25, 0.3) is 11.6 Å². The number of benzene rings is 1. The molecule has 9 heteroatoms. The number of nitro groups is 1. The molecule has 24 heavy (non-hydrogen) atoms. The number of nitro benzene ring substituents is 1. The lowest BCUT2D eigenvalue weighted by Gasteiger charge is -2.00.